The third-order valence-corrected chi connectivity index (χ3v) is 4.48. The van der Waals surface area contributed by atoms with E-state index < -0.39 is 0 Å². The van der Waals surface area contributed by atoms with E-state index in [-0.39, 0.29) is 12.1 Å². The summed E-state index contributed by atoms with van der Waals surface area (Å²) in [5.74, 6) is 1.97. The summed E-state index contributed by atoms with van der Waals surface area (Å²) in [6, 6.07) is 4.21. The van der Waals surface area contributed by atoms with Crippen LogP contribution in [0.25, 0.3) is 0 Å². The first kappa shape index (κ1) is 18.4. The predicted octanol–water partition coefficient (Wildman–Crippen LogP) is 3.77. The fourth-order valence-corrected chi connectivity index (χ4v) is 3.31. The number of fused-ring (bicyclic) bond motifs is 1. The van der Waals surface area contributed by atoms with Crippen LogP contribution in [0.3, 0.4) is 0 Å². The topological polar surface area (TPSA) is 50.8 Å². The molecule has 1 aliphatic rings. The molecule has 0 fully saturated rings. The normalized spacial score (nSPS) is 16.8. The van der Waals surface area contributed by atoms with Crippen molar-refractivity contribution < 1.29 is 14.3 Å². The number of rotatable bonds is 6. The first-order chi connectivity index (χ1) is 11.5. The molecule has 2 amide bonds. The van der Waals surface area contributed by atoms with Gasteiger partial charge in [0.15, 0.2) is 11.5 Å². The van der Waals surface area contributed by atoms with Crippen molar-refractivity contribution in [3.8, 4) is 11.5 Å². The molecule has 5 heteroatoms. The smallest absolute Gasteiger partial charge is 0.317 e. The maximum absolute atomic E-state index is 12.6. The average Bonchev–Trinajstić information content (AvgIpc) is 2.58. The maximum atomic E-state index is 12.6. The molecule has 0 spiro atoms. The van der Waals surface area contributed by atoms with Gasteiger partial charge in [0.2, 0.25) is 0 Å². The Kier molecular flexibility index (Phi) is 6.35. The third kappa shape index (κ3) is 3.94. The number of hydrogen-bond acceptors (Lipinski definition) is 3. The van der Waals surface area contributed by atoms with Gasteiger partial charge in [-0.25, -0.2) is 4.79 Å². The molecular weight excluding hydrogens is 304 g/mol. The molecule has 1 aromatic rings. The van der Waals surface area contributed by atoms with Gasteiger partial charge < -0.3 is 19.7 Å². The Morgan fingerprint density at radius 3 is 2.54 bits per heavy atom. The van der Waals surface area contributed by atoms with Crippen LogP contribution >= 0.6 is 0 Å². The van der Waals surface area contributed by atoms with E-state index in [1.807, 2.05) is 11.0 Å². The second-order valence-corrected chi connectivity index (χ2v) is 6.73. The Balaban J connectivity index is 2.38. The average molecular weight is 334 g/mol. The van der Waals surface area contributed by atoms with Crippen LogP contribution in [0.4, 0.5) is 4.79 Å². The lowest BCUT2D eigenvalue weighted by Crippen LogP contribution is -2.46. The molecular formula is C19H30N2O3. The van der Waals surface area contributed by atoms with Crippen LogP contribution in [-0.4, -0.2) is 38.2 Å². The Hall–Kier alpha value is -1.91. The molecule has 1 aliphatic heterocycles. The number of amides is 2. The van der Waals surface area contributed by atoms with Crippen LogP contribution in [0.1, 0.15) is 50.8 Å². The van der Waals surface area contributed by atoms with Crippen LogP contribution in [0.15, 0.2) is 12.1 Å². The van der Waals surface area contributed by atoms with Gasteiger partial charge in [-0.2, -0.15) is 0 Å². The molecule has 1 N–H and O–H groups in total. The molecule has 1 heterocycles. The van der Waals surface area contributed by atoms with Crippen molar-refractivity contribution in [1.29, 1.82) is 0 Å². The quantitative estimate of drug-likeness (QED) is 0.861. The standard InChI is InChI=1S/C19H30N2O3/c1-6-8-20-19(22)21-9-7-14-11-17(23-4)18(24-5)12-15(14)16(21)10-13(2)3/h11-13,16H,6-10H2,1-5H3,(H,20,22). The van der Waals surface area contributed by atoms with Gasteiger partial charge in [0, 0.05) is 13.1 Å². The molecule has 0 bridgehead atoms. The summed E-state index contributed by atoms with van der Waals surface area (Å²) in [6.45, 7) is 7.89. The molecule has 0 radical (unpaired) electrons. The lowest BCUT2D eigenvalue weighted by atomic mass is 9.87. The zero-order valence-electron chi connectivity index (χ0n) is 15.5. The molecule has 134 valence electrons. The lowest BCUT2D eigenvalue weighted by molar-refractivity contribution is 0.159. The number of carbonyl (C=O) groups excluding carboxylic acids is 1. The number of methoxy groups -OCH3 is 2. The minimum atomic E-state index is 0.0305. The molecule has 1 aromatic carbocycles. The molecule has 0 aromatic heterocycles. The molecule has 1 atom stereocenters. The van der Waals surface area contributed by atoms with E-state index in [9.17, 15) is 4.79 Å². The van der Waals surface area contributed by atoms with Crippen molar-refractivity contribution >= 4 is 6.03 Å². The van der Waals surface area contributed by atoms with Gasteiger partial charge >= 0.3 is 6.03 Å². The molecule has 2 rings (SSSR count). The van der Waals surface area contributed by atoms with Gasteiger partial charge in [0.1, 0.15) is 0 Å². The van der Waals surface area contributed by atoms with Crippen LogP contribution < -0.4 is 14.8 Å². The predicted molar refractivity (Wildman–Crippen MR) is 95.8 cm³/mol. The van der Waals surface area contributed by atoms with Crippen molar-refractivity contribution in [1.82, 2.24) is 10.2 Å². The maximum Gasteiger partial charge on any atom is 0.317 e. The van der Waals surface area contributed by atoms with Gasteiger partial charge in [-0.15, -0.1) is 0 Å². The first-order valence-electron chi connectivity index (χ1n) is 8.81. The summed E-state index contributed by atoms with van der Waals surface area (Å²) in [7, 11) is 3.30. The number of carbonyl (C=O) groups is 1. The van der Waals surface area contributed by atoms with Crippen molar-refractivity contribution in [2.75, 3.05) is 27.3 Å². The first-order valence-corrected chi connectivity index (χ1v) is 8.81. The monoisotopic (exact) mass is 334 g/mol. The zero-order valence-corrected chi connectivity index (χ0v) is 15.5. The summed E-state index contributed by atoms with van der Waals surface area (Å²) >= 11 is 0. The number of nitrogens with one attached hydrogen (secondary N) is 1. The second kappa shape index (κ2) is 8.27. The molecule has 0 saturated carbocycles. The van der Waals surface area contributed by atoms with Gasteiger partial charge in [-0.05, 0) is 48.4 Å². The fraction of sp³-hybridized carbons (Fsp3) is 0.632. The molecule has 24 heavy (non-hydrogen) atoms. The number of urea groups is 1. The van der Waals surface area contributed by atoms with Gasteiger partial charge in [-0.3, -0.25) is 0 Å². The Morgan fingerprint density at radius 2 is 1.96 bits per heavy atom. The van der Waals surface area contributed by atoms with E-state index >= 15 is 0 Å². The highest BCUT2D eigenvalue weighted by molar-refractivity contribution is 5.75. The summed E-state index contributed by atoms with van der Waals surface area (Å²) < 4.78 is 10.9. The van der Waals surface area contributed by atoms with Crippen molar-refractivity contribution in [2.45, 2.75) is 46.1 Å². The van der Waals surface area contributed by atoms with Crippen LogP contribution in [-0.2, 0) is 6.42 Å². The van der Waals surface area contributed by atoms with Crippen LogP contribution in [0.2, 0.25) is 0 Å². The highest BCUT2D eigenvalue weighted by Crippen LogP contribution is 2.40. The zero-order chi connectivity index (χ0) is 17.7. The fourth-order valence-electron chi connectivity index (χ4n) is 3.31. The molecule has 0 saturated heterocycles. The Bertz CT molecular complexity index is 572. The van der Waals surface area contributed by atoms with E-state index in [4.69, 9.17) is 9.47 Å². The molecule has 1 unspecified atom stereocenters. The van der Waals surface area contributed by atoms with E-state index in [0.717, 1.165) is 37.3 Å². The highest BCUT2D eigenvalue weighted by atomic mass is 16.5. The van der Waals surface area contributed by atoms with E-state index in [2.05, 4.69) is 32.2 Å². The van der Waals surface area contributed by atoms with Gasteiger partial charge in [0.05, 0.1) is 20.3 Å². The second-order valence-electron chi connectivity index (χ2n) is 6.73. The van der Waals surface area contributed by atoms with Crippen molar-refractivity contribution in [3.05, 3.63) is 23.3 Å². The minimum Gasteiger partial charge on any atom is -0.493 e. The summed E-state index contributed by atoms with van der Waals surface area (Å²) in [5, 5.41) is 3.02. The molecule has 5 nitrogen and oxygen atoms in total. The third-order valence-electron chi connectivity index (χ3n) is 4.48. The summed E-state index contributed by atoms with van der Waals surface area (Å²) in [5.41, 5.74) is 2.43. The van der Waals surface area contributed by atoms with Crippen molar-refractivity contribution in [2.24, 2.45) is 5.92 Å². The minimum absolute atomic E-state index is 0.0305. The number of hydrogen-bond donors (Lipinski definition) is 1. The highest BCUT2D eigenvalue weighted by Gasteiger charge is 2.32. The number of ether oxygens (including phenoxy) is 2. The lowest BCUT2D eigenvalue weighted by Gasteiger charge is -2.38. The van der Waals surface area contributed by atoms with Gasteiger partial charge in [0.25, 0.3) is 0 Å². The largest absolute Gasteiger partial charge is 0.493 e. The van der Waals surface area contributed by atoms with Crippen LogP contribution in [0, 0.1) is 5.92 Å². The van der Waals surface area contributed by atoms with Crippen molar-refractivity contribution in [3.63, 3.8) is 0 Å². The summed E-state index contributed by atoms with van der Waals surface area (Å²) in [6.07, 6.45) is 2.71. The van der Waals surface area contributed by atoms with E-state index in [1.54, 1.807) is 14.2 Å². The Labute approximate surface area is 145 Å². The van der Waals surface area contributed by atoms with E-state index in [0.29, 0.717) is 12.5 Å². The van der Waals surface area contributed by atoms with Crippen LogP contribution in [0.5, 0.6) is 11.5 Å². The number of nitrogens with zero attached hydrogens (tertiary/aromatic N) is 1. The summed E-state index contributed by atoms with van der Waals surface area (Å²) in [4.78, 5) is 14.6. The Morgan fingerprint density at radius 1 is 1.29 bits per heavy atom. The number of benzene rings is 1. The molecule has 0 aliphatic carbocycles. The van der Waals surface area contributed by atoms with E-state index in [1.165, 1.54) is 11.1 Å². The SMILES string of the molecule is CCCNC(=O)N1CCc2cc(OC)c(OC)cc2C1CC(C)C. The van der Waals surface area contributed by atoms with Gasteiger partial charge in [-0.1, -0.05) is 20.8 Å².